The minimum atomic E-state index is 0. The predicted octanol–water partition coefficient (Wildman–Crippen LogP) is 10.3. The Hall–Kier alpha value is -4.53. The van der Waals surface area contributed by atoms with Gasteiger partial charge in [-0.1, -0.05) is 112 Å². The number of aromatic hydroxyl groups is 1. The van der Waals surface area contributed by atoms with Gasteiger partial charge in [0.05, 0.1) is 22.6 Å². The number of aromatic nitrogens is 3. The molecule has 0 atom stereocenters. The quantitative estimate of drug-likeness (QED) is 0.172. The Morgan fingerprint density at radius 2 is 1.27 bits per heavy atom. The van der Waals surface area contributed by atoms with Gasteiger partial charge in [-0.2, -0.15) is 0 Å². The molecule has 4 nitrogen and oxygen atoms in total. The van der Waals surface area contributed by atoms with Gasteiger partial charge in [0.1, 0.15) is 5.75 Å². The number of hydrogen-bond acceptors (Lipinski definition) is 3. The summed E-state index contributed by atoms with van der Waals surface area (Å²) in [6, 6.07) is 42.5. The number of benzene rings is 5. The third-order valence-electron chi connectivity index (χ3n) is 8.35. The Morgan fingerprint density at radius 1 is 0.622 bits per heavy atom. The molecule has 0 bridgehead atoms. The molecule has 0 fully saturated rings. The SMILES string of the molecule is CC(C)c1cccc(C(C)C)c1-n1c(-c2[c-]c(-c3cccc(-c4c(O)ccc5ccccc45)n3)ccc2)nc2ccccc21.[Pt]. The van der Waals surface area contributed by atoms with E-state index in [9.17, 15) is 5.11 Å². The van der Waals surface area contributed by atoms with E-state index in [1.807, 2.05) is 66.7 Å². The Kier molecular flexibility index (Phi) is 8.44. The summed E-state index contributed by atoms with van der Waals surface area (Å²) in [5, 5.41) is 12.9. The number of hydrogen-bond donors (Lipinski definition) is 1. The van der Waals surface area contributed by atoms with Crippen LogP contribution in [0.15, 0.2) is 115 Å². The van der Waals surface area contributed by atoms with Gasteiger partial charge in [0.25, 0.3) is 0 Å². The molecule has 0 saturated heterocycles. The maximum absolute atomic E-state index is 10.9. The van der Waals surface area contributed by atoms with Crippen molar-refractivity contribution in [3.05, 3.63) is 132 Å². The fraction of sp³-hybridized carbons (Fsp3) is 0.150. The van der Waals surface area contributed by atoms with E-state index >= 15 is 0 Å². The largest absolute Gasteiger partial charge is 0.507 e. The molecule has 0 radical (unpaired) electrons. The van der Waals surface area contributed by atoms with Gasteiger partial charge in [-0.3, -0.25) is 9.97 Å². The number of para-hydroxylation sites is 3. The third-order valence-corrected chi connectivity index (χ3v) is 8.35. The number of fused-ring (bicyclic) bond motifs is 2. The van der Waals surface area contributed by atoms with Crippen LogP contribution in [-0.2, 0) is 21.1 Å². The van der Waals surface area contributed by atoms with E-state index in [-0.39, 0.29) is 26.8 Å². The van der Waals surface area contributed by atoms with E-state index in [2.05, 4.69) is 80.8 Å². The molecule has 0 aliphatic carbocycles. The van der Waals surface area contributed by atoms with Gasteiger partial charge >= 0.3 is 0 Å². The summed E-state index contributed by atoms with van der Waals surface area (Å²) in [5.41, 5.74) is 9.79. The molecule has 45 heavy (non-hydrogen) atoms. The molecule has 7 aromatic rings. The number of nitrogens with zero attached hydrogens (tertiary/aromatic N) is 3. The average Bonchev–Trinajstić information content (AvgIpc) is 3.44. The summed E-state index contributed by atoms with van der Waals surface area (Å²) < 4.78 is 2.33. The molecule has 2 aromatic heterocycles. The van der Waals surface area contributed by atoms with Crippen LogP contribution in [-0.4, -0.2) is 19.6 Å². The standard InChI is InChI=1S/C40H34N3O.Pt/c1-25(2)30-16-10-17-31(26(3)4)39(30)43-36-21-8-7-18-34(36)42-40(43)29-14-9-13-28(24-29)33-19-11-20-35(41-33)38-32-15-6-5-12-27(32)22-23-37(38)44;/h5-23,25-26,44H,1-4H3;/q-1;. The van der Waals surface area contributed by atoms with Gasteiger partial charge in [-0.05, 0) is 58.0 Å². The number of imidazole rings is 1. The van der Waals surface area contributed by atoms with Crippen LogP contribution in [0.4, 0.5) is 0 Å². The van der Waals surface area contributed by atoms with Gasteiger partial charge in [0.15, 0.2) is 0 Å². The number of phenolic OH excluding ortho intramolecular Hbond substituents is 1. The second kappa shape index (κ2) is 12.5. The van der Waals surface area contributed by atoms with E-state index in [0.717, 1.165) is 55.7 Å². The van der Waals surface area contributed by atoms with E-state index in [1.165, 1.54) is 16.8 Å². The van der Waals surface area contributed by atoms with Crippen LogP contribution in [0.3, 0.4) is 0 Å². The smallest absolute Gasteiger partial charge is 0.125 e. The van der Waals surface area contributed by atoms with Crippen molar-refractivity contribution in [3.63, 3.8) is 0 Å². The van der Waals surface area contributed by atoms with Gasteiger partial charge in [0.2, 0.25) is 0 Å². The zero-order valence-electron chi connectivity index (χ0n) is 25.7. The summed E-state index contributed by atoms with van der Waals surface area (Å²) in [6.07, 6.45) is 0. The molecule has 0 saturated carbocycles. The molecule has 0 aliphatic heterocycles. The Labute approximate surface area is 278 Å². The van der Waals surface area contributed by atoms with Crippen LogP contribution in [0, 0.1) is 6.07 Å². The van der Waals surface area contributed by atoms with Crippen LogP contribution >= 0.6 is 0 Å². The third kappa shape index (κ3) is 5.49. The van der Waals surface area contributed by atoms with Crippen molar-refractivity contribution in [2.24, 2.45) is 0 Å². The van der Waals surface area contributed by atoms with Crippen molar-refractivity contribution in [1.82, 2.24) is 14.5 Å². The van der Waals surface area contributed by atoms with Gasteiger partial charge in [0, 0.05) is 38.0 Å². The molecule has 7 rings (SSSR count). The Morgan fingerprint density at radius 3 is 2.04 bits per heavy atom. The topological polar surface area (TPSA) is 50.9 Å². The van der Waals surface area contributed by atoms with E-state index < -0.39 is 0 Å². The number of phenols is 1. The fourth-order valence-corrected chi connectivity index (χ4v) is 6.20. The van der Waals surface area contributed by atoms with Crippen molar-refractivity contribution in [1.29, 1.82) is 0 Å². The van der Waals surface area contributed by atoms with E-state index in [1.54, 1.807) is 6.07 Å². The molecule has 0 aliphatic rings. The zero-order valence-corrected chi connectivity index (χ0v) is 28.0. The predicted molar refractivity (Wildman–Crippen MR) is 181 cm³/mol. The summed E-state index contributed by atoms with van der Waals surface area (Å²) >= 11 is 0. The maximum Gasteiger partial charge on any atom is 0.125 e. The number of rotatable bonds is 6. The molecule has 0 unspecified atom stereocenters. The Bertz CT molecular complexity index is 2140. The fourth-order valence-electron chi connectivity index (χ4n) is 6.20. The molecule has 0 spiro atoms. The van der Waals surface area contributed by atoms with Crippen molar-refractivity contribution in [3.8, 4) is 45.3 Å². The molecule has 0 amide bonds. The first-order valence-corrected chi connectivity index (χ1v) is 15.2. The molecule has 5 heteroatoms. The first kappa shape index (κ1) is 30.5. The van der Waals surface area contributed by atoms with Gasteiger partial charge < -0.3 is 9.67 Å². The van der Waals surface area contributed by atoms with Crippen molar-refractivity contribution in [2.75, 3.05) is 0 Å². The van der Waals surface area contributed by atoms with Crippen LogP contribution in [0.5, 0.6) is 5.75 Å². The average molecular weight is 768 g/mol. The second-order valence-electron chi connectivity index (χ2n) is 11.9. The zero-order chi connectivity index (χ0) is 30.4. The van der Waals surface area contributed by atoms with Crippen LogP contribution < -0.4 is 0 Å². The van der Waals surface area contributed by atoms with Crippen LogP contribution in [0.25, 0.3) is 61.4 Å². The first-order chi connectivity index (χ1) is 21.4. The van der Waals surface area contributed by atoms with Crippen molar-refractivity contribution < 1.29 is 26.2 Å². The van der Waals surface area contributed by atoms with Crippen LogP contribution in [0.1, 0.15) is 50.7 Å². The monoisotopic (exact) mass is 767 g/mol. The molecular formula is C40H34N3OPt-. The minimum Gasteiger partial charge on any atom is -0.507 e. The molecule has 5 aromatic carbocycles. The molecule has 226 valence electrons. The minimum absolute atomic E-state index is 0. The van der Waals surface area contributed by atoms with E-state index in [0.29, 0.717) is 11.8 Å². The summed E-state index contributed by atoms with van der Waals surface area (Å²) in [5.74, 6) is 1.74. The molecular weight excluding hydrogens is 734 g/mol. The second-order valence-corrected chi connectivity index (χ2v) is 11.9. The maximum atomic E-state index is 10.9. The first-order valence-electron chi connectivity index (χ1n) is 15.2. The van der Waals surface area contributed by atoms with Gasteiger partial charge in [-0.25, -0.2) is 0 Å². The summed E-state index contributed by atoms with van der Waals surface area (Å²) in [6.45, 7) is 9.00. The van der Waals surface area contributed by atoms with E-state index in [4.69, 9.17) is 9.97 Å². The summed E-state index contributed by atoms with van der Waals surface area (Å²) in [4.78, 5) is 10.2. The normalized spacial score (nSPS) is 11.4. The molecule has 2 heterocycles. The van der Waals surface area contributed by atoms with Crippen molar-refractivity contribution in [2.45, 2.75) is 39.5 Å². The van der Waals surface area contributed by atoms with Crippen molar-refractivity contribution >= 4 is 21.8 Å². The van der Waals surface area contributed by atoms with Crippen LogP contribution in [0.2, 0.25) is 0 Å². The van der Waals surface area contributed by atoms with Gasteiger partial charge in [-0.15, -0.1) is 24.3 Å². The summed E-state index contributed by atoms with van der Waals surface area (Å²) in [7, 11) is 0. The number of pyridine rings is 1. The Balaban J connectivity index is 0.00000357. The molecule has 1 N–H and O–H groups in total.